The molecule has 0 bridgehead atoms. The van der Waals surface area contributed by atoms with E-state index in [2.05, 4.69) is 5.32 Å². The fourth-order valence-electron chi connectivity index (χ4n) is 5.27. The smallest absolute Gasteiger partial charge is 0.337 e. The van der Waals surface area contributed by atoms with Crippen molar-refractivity contribution in [2.45, 2.75) is 39.9 Å². The molecule has 8 heteroatoms. The largest absolute Gasteiger partial charge is 0.478 e. The van der Waals surface area contributed by atoms with Gasteiger partial charge >= 0.3 is 5.97 Å². The van der Waals surface area contributed by atoms with Gasteiger partial charge in [0.1, 0.15) is 5.58 Å². The second-order valence-electron chi connectivity index (χ2n) is 9.60. The van der Waals surface area contributed by atoms with E-state index in [1.807, 2.05) is 43.0 Å². The molecule has 0 saturated heterocycles. The quantitative estimate of drug-likeness (QED) is 0.370. The average molecular weight is 499 g/mol. The van der Waals surface area contributed by atoms with E-state index >= 15 is 0 Å². The highest BCUT2D eigenvalue weighted by atomic mass is 16.7. The topological polar surface area (TPSA) is 101 Å². The average Bonchev–Trinajstić information content (AvgIpc) is 3.53. The molecule has 2 aliphatic rings. The van der Waals surface area contributed by atoms with Crippen LogP contribution in [0.3, 0.4) is 0 Å². The van der Waals surface area contributed by atoms with Crippen molar-refractivity contribution in [1.29, 1.82) is 0 Å². The van der Waals surface area contributed by atoms with Crippen LogP contribution in [0, 0.1) is 13.8 Å². The first-order chi connectivity index (χ1) is 17.8. The van der Waals surface area contributed by atoms with Crippen LogP contribution < -0.4 is 25.1 Å². The number of benzene rings is 3. The van der Waals surface area contributed by atoms with Gasteiger partial charge in [-0.05, 0) is 56.2 Å². The number of carbonyl (C=O) groups is 1. The monoisotopic (exact) mass is 498 g/mol. The van der Waals surface area contributed by atoms with Gasteiger partial charge in [-0.15, -0.1) is 0 Å². The molecular formula is C29H26N2O6. The Balaban J connectivity index is 1.43. The Morgan fingerprint density at radius 3 is 2.70 bits per heavy atom. The minimum atomic E-state index is -1.01. The Bertz CT molecular complexity index is 1640. The zero-order valence-corrected chi connectivity index (χ0v) is 20.8. The Hall–Kier alpha value is -4.46. The third kappa shape index (κ3) is 3.76. The normalized spacial score (nSPS) is 14.6. The van der Waals surface area contributed by atoms with E-state index in [9.17, 15) is 14.7 Å². The van der Waals surface area contributed by atoms with Crippen LogP contribution in [0.25, 0.3) is 11.0 Å². The standard InChI is InChI=1S/C29H26N2O6/c1-15-10-20(17(3)30-23-7-5-4-6-19(23)29(33)34)26-21(11-15)25(32)16(2)28(37-26)31-12-18-8-9-24-27(22(18)13-31)36-14-35-24/h4-11,17,30H,12-14H2,1-3H3,(H,33,34). The molecule has 188 valence electrons. The van der Waals surface area contributed by atoms with Gasteiger partial charge in [-0.2, -0.15) is 0 Å². The number of ether oxygens (including phenoxy) is 2. The lowest BCUT2D eigenvalue weighted by molar-refractivity contribution is 0.0698. The third-order valence-corrected chi connectivity index (χ3v) is 7.10. The van der Waals surface area contributed by atoms with Crippen LogP contribution in [-0.4, -0.2) is 17.9 Å². The maximum atomic E-state index is 13.6. The van der Waals surface area contributed by atoms with Crippen LogP contribution in [0.5, 0.6) is 11.5 Å². The van der Waals surface area contributed by atoms with Crippen LogP contribution in [0.15, 0.2) is 57.7 Å². The van der Waals surface area contributed by atoms with Gasteiger partial charge < -0.3 is 29.2 Å². The fourth-order valence-corrected chi connectivity index (χ4v) is 5.27. The number of hydrogen-bond acceptors (Lipinski definition) is 7. The molecule has 8 nitrogen and oxygen atoms in total. The highest BCUT2D eigenvalue weighted by Crippen LogP contribution is 2.43. The molecule has 0 fully saturated rings. The number of aromatic carboxylic acids is 1. The van der Waals surface area contributed by atoms with Crippen molar-refractivity contribution >= 4 is 28.5 Å². The lowest BCUT2D eigenvalue weighted by Gasteiger charge is -2.22. The third-order valence-electron chi connectivity index (χ3n) is 7.10. The van der Waals surface area contributed by atoms with Crippen molar-refractivity contribution in [3.8, 4) is 11.5 Å². The van der Waals surface area contributed by atoms with Crippen LogP contribution >= 0.6 is 0 Å². The summed E-state index contributed by atoms with van der Waals surface area (Å²) in [5.74, 6) is 0.997. The molecule has 0 saturated carbocycles. The molecule has 2 N–H and O–H groups in total. The fraction of sp³-hybridized carbons (Fsp3) is 0.241. The minimum absolute atomic E-state index is 0.0832. The number of nitrogens with zero attached hydrogens (tertiary/aromatic N) is 1. The summed E-state index contributed by atoms with van der Waals surface area (Å²) in [6, 6.07) is 14.2. The molecule has 0 amide bonds. The maximum Gasteiger partial charge on any atom is 0.337 e. The summed E-state index contributed by atoms with van der Waals surface area (Å²) in [7, 11) is 0. The first kappa shape index (κ1) is 23.0. The summed E-state index contributed by atoms with van der Waals surface area (Å²) in [6.07, 6.45) is 0. The lowest BCUT2D eigenvalue weighted by Crippen LogP contribution is -2.20. The van der Waals surface area contributed by atoms with Crippen molar-refractivity contribution < 1.29 is 23.8 Å². The predicted octanol–water partition coefficient (Wildman–Crippen LogP) is 5.53. The predicted molar refractivity (Wildman–Crippen MR) is 140 cm³/mol. The molecule has 0 aliphatic carbocycles. The number of fused-ring (bicyclic) bond motifs is 4. The van der Waals surface area contributed by atoms with E-state index in [1.54, 1.807) is 31.2 Å². The number of aryl methyl sites for hydroxylation is 1. The highest BCUT2D eigenvalue weighted by molar-refractivity contribution is 5.94. The van der Waals surface area contributed by atoms with Gasteiger partial charge in [-0.3, -0.25) is 4.79 Å². The number of para-hydroxylation sites is 1. The summed E-state index contributed by atoms with van der Waals surface area (Å²) >= 11 is 0. The molecule has 1 unspecified atom stereocenters. The molecule has 0 radical (unpaired) electrons. The van der Waals surface area contributed by atoms with Gasteiger partial charge in [0.25, 0.3) is 0 Å². The molecule has 37 heavy (non-hydrogen) atoms. The Labute approximate surface area is 213 Å². The number of carboxylic acid groups (broad SMARTS) is 1. The molecule has 3 aromatic carbocycles. The first-order valence-electron chi connectivity index (χ1n) is 12.1. The second kappa shape index (κ2) is 8.58. The molecule has 2 aliphatic heterocycles. The SMILES string of the molecule is Cc1cc(C(C)Nc2ccccc2C(=O)O)c2oc(N3Cc4ccc5c(c4C3)OCO5)c(C)c(=O)c2c1. The molecule has 6 rings (SSSR count). The van der Waals surface area contributed by atoms with E-state index < -0.39 is 5.97 Å². The van der Waals surface area contributed by atoms with Gasteiger partial charge in [-0.25, -0.2) is 4.79 Å². The summed E-state index contributed by atoms with van der Waals surface area (Å²) < 4.78 is 17.8. The zero-order chi connectivity index (χ0) is 25.8. The van der Waals surface area contributed by atoms with Crippen molar-refractivity contribution in [2.75, 3.05) is 17.0 Å². The number of nitrogens with one attached hydrogen (secondary N) is 1. The summed E-state index contributed by atoms with van der Waals surface area (Å²) in [4.78, 5) is 27.3. The molecular weight excluding hydrogens is 472 g/mol. The van der Waals surface area contributed by atoms with E-state index in [0.717, 1.165) is 33.8 Å². The number of hydrogen-bond donors (Lipinski definition) is 2. The molecule has 3 heterocycles. The van der Waals surface area contributed by atoms with Crippen molar-refractivity contribution in [1.82, 2.24) is 0 Å². The van der Waals surface area contributed by atoms with Gasteiger partial charge in [0.05, 0.1) is 29.1 Å². The Kier molecular flexibility index (Phi) is 5.33. The summed E-state index contributed by atoms with van der Waals surface area (Å²) in [5.41, 5.74) is 5.48. The van der Waals surface area contributed by atoms with Gasteiger partial charge in [-0.1, -0.05) is 24.3 Å². The second-order valence-corrected chi connectivity index (χ2v) is 9.60. The molecule has 1 atom stereocenters. The lowest BCUT2D eigenvalue weighted by atomic mass is 10.00. The molecule has 1 aromatic heterocycles. The molecule has 4 aromatic rings. The first-order valence-corrected chi connectivity index (χ1v) is 12.1. The van der Waals surface area contributed by atoms with Crippen LogP contribution in [0.2, 0.25) is 0 Å². The number of carboxylic acids is 1. The highest BCUT2D eigenvalue weighted by Gasteiger charge is 2.31. The van der Waals surface area contributed by atoms with Crippen LogP contribution in [0.1, 0.15) is 51.1 Å². The van der Waals surface area contributed by atoms with Crippen molar-refractivity contribution in [3.05, 3.63) is 92.1 Å². The van der Waals surface area contributed by atoms with Crippen LogP contribution in [0.4, 0.5) is 11.6 Å². The number of anilines is 2. The van der Waals surface area contributed by atoms with Gasteiger partial charge in [0.2, 0.25) is 12.7 Å². The van der Waals surface area contributed by atoms with Crippen molar-refractivity contribution in [3.63, 3.8) is 0 Å². The van der Waals surface area contributed by atoms with E-state index in [4.69, 9.17) is 13.9 Å². The number of rotatable bonds is 5. The van der Waals surface area contributed by atoms with Gasteiger partial charge in [0, 0.05) is 23.4 Å². The van der Waals surface area contributed by atoms with E-state index in [0.29, 0.717) is 41.2 Å². The Morgan fingerprint density at radius 2 is 1.89 bits per heavy atom. The maximum absolute atomic E-state index is 13.6. The molecule has 0 spiro atoms. The Morgan fingerprint density at radius 1 is 1.08 bits per heavy atom. The van der Waals surface area contributed by atoms with E-state index in [1.165, 1.54) is 0 Å². The van der Waals surface area contributed by atoms with E-state index in [-0.39, 0.29) is 23.8 Å². The van der Waals surface area contributed by atoms with Gasteiger partial charge in [0.15, 0.2) is 16.9 Å². The zero-order valence-electron chi connectivity index (χ0n) is 20.8. The minimum Gasteiger partial charge on any atom is -0.478 e. The summed E-state index contributed by atoms with van der Waals surface area (Å²) in [6.45, 7) is 6.98. The summed E-state index contributed by atoms with van der Waals surface area (Å²) in [5, 5.41) is 13.4. The van der Waals surface area contributed by atoms with Crippen LogP contribution in [-0.2, 0) is 13.1 Å². The van der Waals surface area contributed by atoms with Crippen molar-refractivity contribution in [2.24, 2.45) is 0 Å².